The van der Waals surface area contributed by atoms with E-state index in [1.54, 1.807) is 0 Å². The van der Waals surface area contributed by atoms with Crippen LogP contribution in [0.25, 0.3) is 0 Å². The van der Waals surface area contributed by atoms with E-state index in [-0.39, 0.29) is 6.04 Å². The van der Waals surface area contributed by atoms with Crippen molar-refractivity contribution in [2.75, 3.05) is 19.8 Å². The van der Waals surface area contributed by atoms with Crippen molar-refractivity contribution in [3.8, 4) is 5.75 Å². The van der Waals surface area contributed by atoms with Crippen LogP contribution in [0.4, 0.5) is 0 Å². The van der Waals surface area contributed by atoms with Crippen LogP contribution in [0.15, 0.2) is 12.1 Å². The Morgan fingerprint density at radius 2 is 2.06 bits per heavy atom. The molecule has 1 aromatic rings. The van der Waals surface area contributed by atoms with Crippen LogP contribution in [0.1, 0.15) is 31.7 Å². The second kappa shape index (κ2) is 8.06. The molecular formula is C14H24N2O2. The molecule has 1 aromatic heterocycles. The Kier molecular flexibility index (Phi) is 6.68. The van der Waals surface area contributed by atoms with Crippen LogP contribution in [0.5, 0.6) is 5.75 Å². The molecule has 4 nitrogen and oxygen atoms in total. The monoisotopic (exact) mass is 252 g/mol. The topological polar surface area (TPSA) is 57.4 Å². The highest BCUT2D eigenvalue weighted by Gasteiger charge is 2.08. The van der Waals surface area contributed by atoms with Crippen LogP contribution in [0, 0.1) is 6.92 Å². The molecule has 1 atom stereocenters. The summed E-state index contributed by atoms with van der Waals surface area (Å²) in [4.78, 5) is 4.48. The van der Waals surface area contributed by atoms with Crippen molar-refractivity contribution in [2.24, 2.45) is 5.73 Å². The van der Waals surface area contributed by atoms with Gasteiger partial charge in [0.05, 0.1) is 12.3 Å². The predicted molar refractivity (Wildman–Crippen MR) is 72.9 cm³/mol. The molecule has 0 radical (unpaired) electrons. The molecule has 0 saturated heterocycles. The predicted octanol–water partition coefficient (Wildman–Crippen LogP) is 2.09. The van der Waals surface area contributed by atoms with Gasteiger partial charge in [0.25, 0.3) is 0 Å². The van der Waals surface area contributed by atoms with Crippen molar-refractivity contribution in [2.45, 2.75) is 39.7 Å². The number of aromatic nitrogens is 1. The van der Waals surface area contributed by atoms with Crippen LogP contribution < -0.4 is 10.5 Å². The lowest BCUT2D eigenvalue weighted by Crippen LogP contribution is -2.19. The van der Waals surface area contributed by atoms with E-state index in [4.69, 9.17) is 15.2 Å². The van der Waals surface area contributed by atoms with Gasteiger partial charge in [-0.25, -0.2) is 0 Å². The number of hydrogen-bond donors (Lipinski definition) is 1. The first-order valence-electron chi connectivity index (χ1n) is 6.56. The molecule has 0 spiro atoms. The molecule has 0 saturated carbocycles. The Morgan fingerprint density at radius 1 is 1.28 bits per heavy atom. The number of aryl methyl sites for hydroxylation is 1. The standard InChI is InChI=1S/C14H24N2O2/c1-4-7-17-8-9-18-14-6-5-12(3)16-13(14)10-11(2)15/h5-6,11H,4,7-10,15H2,1-3H3. The third-order valence-corrected chi connectivity index (χ3v) is 2.42. The molecular weight excluding hydrogens is 228 g/mol. The first-order chi connectivity index (χ1) is 8.63. The zero-order valence-electron chi connectivity index (χ0n) is 11.6. The zero-order valence-corrected chi connectivity index (χ0v) is 11.6. The molecule has 0 aromatic carbocycles. The van der Waals surface area contributed by atoms with Gasteiger partial charge in [0.15, 0.2) is 0 Å². The first kappa shape index (κ1) is 14.9. The highest BCUT2D eigenvalue weighted by molar-refractivity contribution is 5.29. The Bertz CT molecular complexity index is 354. The molecule has 102 valence electrons. The number of nitrogens with zero attached hydrogens (tertiary/aromatic N) is 1. The molecule has 0 aliphatic carbocycles. The minimum Gasteiger partial charge on any atom is -0.489 e. The molecule has 0 bridgehead atoms. The fraction of sp³-hybridized carbons (Fsp3) is 0.643. The van der Waals surface area contributed by atoms with E-state index in [0.29, 0.717) is 13.2 Å². The van der Waals surface area contributed by atoms with Crippen LogP contribution >= 0.6 is 0 Å². The molecule has 0 aliphatic heterocycles. The highest BCUT2D eigenvalue weighted by Crippen LogP contribution is 2.18. The minimum atomic E-state index is 0.0815. The van der Waals surface area contributed by atoms with Crippen LogP contribution in [-0.2, 0) is 11.2 Å². The molecule has 1 unspecified atom stereocenters. The maximum absolute atomic E-state index is 5.82. The fourth-order valence-corrected chi connectivity index (χ4v) is 1.64. The Hall–Kier alpha value is -1.13. The summed E-state index contributed by atoms with van der Waals surface area (Å²) in [6.45, 7) is 7.97. The number of rotatable bonds is 8. The van der Waals surface area contributed by atoms with Gasteiger partial charge >= 0.3 is 0 Å². The summed E-state index contributed by atoms with van der Waals surface area (Å²) < 4.78 is 11.1. The van der Waals surface area contributed by atoms with Crippen LogP contribution in [0.3, 0.4) is 0 Å². The summed E-state index contributed by atoms with van der Waals surface area (Å²) >= 11 is 0. The lowest BCUT2D eigenvalue weighted by Gasteiger charge is -2.13. The second-order valence-electron chi connectivity index (χ2n) is 4.54. The lowest BCUT2D eigenvalue weighted by atomic mass is 10.1. The van der Waals surface area contributed by atoms with Crippen molar-refractivity contribution in [1.82, 2.24) is 4.98 Å². The fourth-order valence-electron chi connectivity index (χ4n) is 1.64. The van der Waals surface area contributed by atoms with E-state index < -0.39 is 0 Å². The van der Waals surface area contributed by atoms with E-state index in [1.807, 2.05) is 26.0 Å². The van der Waals surface area contributed by atoms with Crippen molar-refractivity contribution >= 4 is 0 Å². The lowest BCUT2D eigenvalue weighted by molar-refractivity contribution is 0.100. The SMILES string of the molecule is CCCOCCOc1ccc(C)nc1CC(C)N. The van der Waals surface area contributed by atoms with Gasteiger partial charge in [-0.05, 0) is 32.4 Å². The molecule has 0 amide bonds. The smallest absolute Gasteiger partial charge is 0.140 e. The van der Waals surface area contributed by atoms with E-state index in [9.17, 15) is 0 Å². The summed E-state index contributed by atoms with van der Waals surface area (Å²) in [6, 6.07) is 3.99. The first-order valence-corrected chi connectivity index (χ1v) is 6.56. The van der Waals surface area contributed by atoms with E-state index >= 15 is 0 Å². The van der Waals surface area contributed by atoms with Gasteiger partial charge in [0, 0.05) is 24.8 Å². The van der Waals surface area contributed by atoms with Crippen molar-refractivity contribution in [1.29, 1.82) is 0 Å². The van der Waals surface area contributed by atoms with Gasteiger partial charge in [-0.2, -0.15) is 0 Å². The number of hydrogen-bond acceptors (Lipinski definition) is 4. The van der Waals surface area contributed by atoms with E-state index in [2.05, 4.69) is 11.9 Å². The van der Waals surface area contributed by atoms with Gasteiger partial charge in [-0.3, -0.25) is 4.98 Å². The van der Waals surface area contributed by atoms with E-state index in [0.717, 1.165) is 36.6 Å². The van der Waals surface area contributed by atoms with E-state index in [1.165, 1.54) is 0 Å². The normalized spacial score (nSPS) is 12.4. The largest absolute Gasteiger partial charge is 0.489 e. The second-order valence-corrected chi connectivity index (χ2v) is 4.54. The average Bonchev–Trinajstić information content (AvgIpc) is 2.30. The number of pyridine rings is 1. The molecule has 0 fully saturated rings. The van der Waals surface area contributed by atoms with Gasteiger partial charge in [-0.1, -0.05) is 6.92 Å². The van der Waals surface area contributed by atoms with Crippen LogP contribution in [-0.4, -0.2) is 30.8 Å². The maximum atomic E-state index is 5.82. The number of ether oxygens (including phenoxy) is 2. The summed E-state index contributed by atoms with van der Waals surface area (Å²) in [6.07, 6.45) is 1.76. The van der Waals surface area contributed by atoms with Gasteiger partial charge < -0.3 is 15.2 Å². The molecule has 1 heterocycles. The van der Waals surface area contributed by atoms with Crippen molar-refractivity contribution in [3.63, 3.8) is 0 Å². The molecule has 4 heteroatoms. The Balaban J connectivity index is 2.52. The summed E-state index contributed by atoms with van der Waals surface area (Å²) in [5, 5.41) is 0. The van der Waals surface area contributed by atoms with Crippen molar-refractivity contribution in [3.05, 3.63) is 23.5 Å². The average molecular weight is 252 g/mol. The maximum Gasteiger partial charge on any atom is 0.140 e. The highest BCUT2D eigenvalue weighted by atomic mass is 16.5. The van der Waals surface area contributed by atoms with Gasteiger partial charge in [0.2, 0.25) is 0 Å². The zero-order chi connectivity index (χ0) is 13.4. The molecule has 1 rings (SSSR count). The molecule has 0 aliphatic rings. The quantitative estimate of drug-likeness (QED) is 0.720. The molecule has 2 N–H and O–H groups in total. The van der Waals surface area contributed by atoms with Gasteiger partial charge in [0.1, 0.15) is 12.4 Å². The number of nitrogens with two attached hydrogens (primary N) is 1. The third-order valence-electron chi connectivity index (χ3n) is 2.42. The Labute approximate surface area is 110 Å². The van der Waals surface area contributed by atoms with Crippen LogP contribution in [0.2, 0.25) is 0 Å². The van der Waals surface area contributed by atoms with Crippen molar-refractivity contribution < 1.29 is 9.47 Å². The summed E-state index contributed by atoms with van der Waals surface area (Å²) in [5.74, 6) is 0.818. The minimum absolute atomic E-state index is 0.0815. The summed E-state index contributed by atoms with van der Waals surface area (Å²) in [7, 11) is 0. The Morgan fingerprint density at radius 3 is 2.72 bits per heavy atom. The molecule has 18 heavy (non-hydrogen) atoms. The summed E-state index contributed by atoms with van der Waals surface area (Å²) in [5.41, 5.74) is 7.73. The third kappa shape index (κ3) is 5.47. The van der Waals surface area contributed by atoms with Gasteiger partial charge in [-0.15, -0.1) is 0 Å².